The lowest BCUT2D eigenvalue weighted by Gasteiger charge is -1.92. The summed E-state index contributed by atoms with van der Waals surface area (Å²) in [4.78, 5) is 4.28. The van der Waals surface area contributed by atoms with Gasteiger partial charge in [-0.05, 0) is 0 Å². The lowest BCUT2D eigenvalue weighted by molar-refractivity contribution is 0.589. The molecule has 3 aromatic rings. The normalized spacial score (nSPS) is 10.9. The molecule has 0 fully saturated rings. The topological polar surface area (TPSA) is 43.3 Å². The van der Waals surface area contributed by atoms with Gasteiger partial charge in [0, 0.05) is 5.56 Å². The van der Waals surface area contributed by atoms with E-state index in [1.165, 1.54) is 6.39 Å². The maximum Gasteiger partial charge on any atom is 0.324 e. The van der Waals surface area contributed by atoms with Crippen molar-refractivity contribution in [1.29, 1.82) is 0 Å². The van der Waals surface area contributed by atoms with Gasteiger partial charge in [-0.3, -0.25) is 0 Å². The first-order chi connectivity index (χ1) is 6.93. The Labute approximate surface area is 79.8 Å². The van der Waals surface area contributed by atoms with Gasteiger partial charge in [-0.15, -0.1) is 5.10 Å². The molecule has 14 heavy (non-hydrogen) atoms. The third-order valence-electron chi connectivity index (χ3n) is 2.06. The second-order valence-corrected chi connectivity index (χ2v) is 2.96. The Balaban J connectivity index is 2.19. The van der Waals surface area contributed by atoms with Crippen molar-refractivity contribution in [3.05, 3.63) is 42.9 Å². The van der Waals surface area contributed by atoms with Crippen LogP contribution in [0.25, 0.3) is 17.1 Å². The van der Waals surface area contributed by atoms with Crippen LogP contribution in [0, 0.1) is 0 Å². The van der Waals surface area contributed by atoms with E-state index in [0.29, 0.717) is 5.84 Å². The molecule has 0 N–H and O–H groups in total. The molecule has 0 unspecified atom stereocenters. The van der Waals surface area contributed by atoms with E-state index in [-0.39, 0.29) is 0 Å². The van der Waals surface area contributed by atoms with Crippen LogP contribution in [0.1, 0.15) is 0 Å². The van der Waals surface area contributed by atoms with Crippen molar-refractivity contribution in [3.8, 4) is 11.3 Å². The Hall–Kier alpha value is -2.10. The Bertz CT molecular complexity index is 524. The summed E-state index contributed by atoms with van der Waals surface area (Å²) in [5.74, 6) is 0.517. The highest BCUT2D eigenvalue weighted by Gasteiger charge is 2.05. The highest BCUT2D eigenvalue weighted by Crippen LogP contribution is 2.17. The number of aromatic nitrogens is 3. The van der Waals surface area contributed by atoms with Gasteiger partial charge in [0.1, 0.15) is 0 Å². The SMILES string of the molecule is c1ccc(-c2cn3ncoc3n2)cc1. The van der Waals surface area contributed by atoms with Crippen LogP contribution in [-0.4, -0.2) is 14.6 Å². The van der Waals surface area contributed by atoms with Crippen LogP contribution >= 0.6 is 0 Å². The summed E-state index contributed by atoms with van der Waals surface area (Å²) in [6.45, 7) is 0. The number of hydrogen-bond donors (Lipinski definition) is 0. The second kappa shape index (κ2) is 2.70. The van der Waals surface area contributed by atoms with E-state index in [9.17, 15) is 0 Å². The monoisotopic (exact) mass is 185 g/mol. The average Bonchev–Trinajstić information content (AvgIpc) is 2.78. The van der Waals surface area contributed by atoms with Gasteiger partial charge >= 0.3 is 5.84 Å². The molecule has 0 saturated carbocycles. The van der Waals surface area contributed by atoms with Gasteiger partial charge in [0.15, 0.2) is 0 Å². The van der Waals surface area contributed by atoms with Gasteiger partial charge in [0.2, 0.25) is 6.39 Å². The Morgan fingerprint density at radius 2 is 2.00 bits per heavy atom. The zero-order valence-electron chi connectivity index (χ0n) is 7.29. The molecular formula is C10H7N3O. The van der Waals surface area contributed by atoms with Gasteiger partial charge in [-0.2, -0.15) is 9.50 Å². The lowest BCUT2D eigenvalue weighted by Crippen LogP contribution is -1.77. The molecular weight excluding hydrogens is 178 g/mol. The quantitative estimate of drug-likeness (QED) is 0.582. The average molecular weight is 185 g/mol. The fraction of sp³-hybridized carbons (Fsp3) is 0. The minimum absolute atomic E-state index is 0.517. The van der Waals surface area contributed by atoms with Crippen LogP contribution in [0.2, 0.25) is 0 Å². The number of benzene rings is 1. The van der Waals surface area contributed by atoms with E-state index < -0.39 is 0 Å². The molecule has 0 saturated heterocycles. The molecule has 0 spiro atoms. The standard InChI is InChI=1S/C10H7N3O/c1-2-4-8(5-3-1)9-6-13-10(12-9)14-7-11-13/h1-7H. The molecule has 1 aromatic carbocycles. The lowest BCUT2D eigenvalue weighted by atomic mass is 10.2. The van der Waals surface area contributed by atoms with Crippen molar-refractivity contribution < 1.29 is 4.42 Å². The minimum atomic E-state index is 0.517. The fourth-order valence-electron chi connectivity index (χ4n) is 1.39. The smallest absolute Gasteiger partial charge is 0.324 e. The van der Waals surface area contributed by atoms with Crippen molar-refractivity contribution in [2.45, 2.75) is 0 Å². The molecule has 0 aliphatic heterocycles. The number of fused-ring (bicyclic) bond motifs is 1. The molecule has 0 radical (unpaired) electrons. The predicted molar refractivity (Wildman–Crippen MR) is 50.7 cm³/mol. The third-order valence-corrected chi connectivity index (χ3v) is 2.06. The van der Waals surface area contributed by atoms with Crippen molar-refractivity contribution in [1.82, 2.24) is 14.6 Å². The summed E-state index contributed by atoms with van der Waals surface area (Å²) in [6.07, 6.45) is 3.21. The zero-order chi connectivity index (χ0) is 9.38. The largest absolute Gasteiger partial charge is 0.410 e. The molecule has 0 aliphatic carbocycles. The Morgan fingerprint density at radius 3 is 2.79 bits per heavy atom. The van der Waals surface area contributed by atoms with Crippen LogP contribution in [-0.2, 0) is 0 Å². The second-order valence-electron chi connectivity index (χ2n) is 2.96. The molecule has 0 atom stereocenters. The van der Waals surface area contributed by atoms with E-state index >= 15 is 0 Å². The highest BCUT2D eigenvalue weighted by atomic mass is 16.4. The van der Waals surface area contributed by atoms with E-state index in [2.05, 4.69) is 10.1 Å². The van der Waals surface area contributed by atoms with Crippen molar-refractivity contribution >= 4 is 5.84 Å². The molecule has 0 bridgehead atoms. The van der Waals surface area contributed by atoms with Gasteiger partial charge < -0.3 is 4.42 Å². The summed E-state index contributed by atoms with van der Waals surface area (Å²) in [6, 6.07) is 9.93. The van der Waals surface area contributed by atoms with E-state index in [1.54, 1.807) is 4.52 Å². The number of rotatable bonds is 1. The van der Waals surface area contributed by atoms with Crippen molar-refractivity contribution in [2.75, 3.05) is 0 Å². The predicted octanol–water partition coefficient (Wildman–Crippen LogP) is 1.99. The molecule has 68 valence electrons. The van der Waals surface area contributed by atoms with Crippen molar-refractivity contribution in [2.24, 2.45) is 0 Å². The third kappa shape index (κ3) is 1.01. The fourth-order valence-corrected chi connectivity index (χ4v) is 1.39. The number of hydrogen-bond acceptors (Lipinski definition) is 3. The molecule has 2 heterocycles. The minimum Gasteiger partial charge on any atom is -0.410 e. The van der Waals surface area contributed by atoms with Crippen LogP contribution in [0.5, 0.6) is 0 Å². The van der Waals surface area contributed by atoms with Gasteiger partial charge in [0.05, 0.1) is 11.9 Å². The first-order valence-electron chi connectivity index (χ1n) is 4.28. The Morgan fingerprint density at radius 1 is 1.14 bits per heavy atom. The summed E-state index contributed by atoms with van der Waals surface area (Å²) >= 11 is 0. The van der Waals surface area contributed by atoms with Crippen LogP contribution in [0.15, 0.2) is 47.3 Å². The van der Waals surface area contributed by atoms with E-state index in [0.717, 1.165) is 11.3 Å². The highest BCUT2D eigenvalue weighted by molar-refractivity contribution is 5.60. The molecule has 4 heteroatoms. The van der Waals surface area contributed by atoms with Gasteiger partial charge in [0.25, 0.3) is 0 Å². The van der Waals surface area contributed by atoms with Gasteiger partial charge in [-0.1, -0.05) is 30.3 Å². The van der Waals surface area contributed by atoms with E-state index in [1.807, 2.05) is 36.5 Å². The zero-order valence-corrected chi connectivity index (χ0v) is 7.29. The maximum absolute atomic E-state index is 5.06. The molecule has 4 nitrogen and oxygen atoms in total. The van der Waals surface area contributed by atoms with E-state index in [4.69, 9.17) is 4.42 Å². The summed E-state index contributed by atoms with van der Waals surface area (Å²) in [7, 11) is 0. The summed E-state index contributed by atoms with van der Waals surface area (Å²) in [5.41, 5.74) is 1.94. The van der Waals surface area contributed by atoms with Crippen molar-refractivity contribution in [3.63, 3.8) is 0 Å². The first kappa shape index (κ1) is 7.32. The van der Waals surface area contributed by atoms with Crippen LogP contribution < -0.4 is 0 Å². The number of imidazole rings is 1. The van der Waals surface area contributed by atoms with Gasteiger partial charge in [-0.25, -0.2) is 0 Å². The van der Waals surface area contributed by atoms with Crippen LogP contribution in [0.3, 0.4) is 0 Å². The van der Waals surface area contributed by atoms with Crippen LogP contribution in [0.4, 0.5) is 0 Å². The first-order valence-corrected chi connectivity index (χ1v) is 4.28. The Kier molecular flexibility index (Phi) is 1.41. The molecule has 3 rings (SSSR count). The summed E-state index contributed by atoms with van der Waals surface area (Å²) < 4.78 is 6.67. The number of nitrogens with zero attached hydrogens (tertiary/aromatic N) is 3. The maximum atomic E-state index is 5.06. The molecule has 2 aromatic heterocycles. The molecule has 0 amide bonds. The summed E-state index contributed by atoms with van der Waals surface area (Å²) in [5, 5.41) is 3.95. The molecule has 0 aliphatic rings.